The highest BCUT2D eigenvalue weighted by Crippen LogP contribution is 2.28. The molecule has 0 saturated carbocycles. The molecule has 3 aromatic rings. The molecule has 0 radical (unpaired) electrons. The Hall–Kier alpha value is -2.15. The number of anilines is 1. The highest BCUT2D eigenvalue weighted by Gasteiger charge is 2.06. The molecule has 0 fully saturated rings. The first-order valence-corrected chi connectivity index (χ1v) is 7.04. The molecule has 1 aromatic carbocycles. The van der Waals surface area contributed by atoms with E-state index in [0.29, 0.717) is 18.1 Å². The zero-order valence-corrected chi connectivity index (χ0v) is 12.0. The Morgan fingerprint density at radius 2 is 2.25 bits per heavy atom. The Bertz CT molecular complexity index is 722. The lowest BCUT2D eigenvalue weighted by atomic mass is 10.3. The molecule has 0 aliphatic carbocycles. The van der Waals surface area contributed by atoms with E-state index >= 15 is 0 Å². The lowest BCUT2D eigenvalue weighted by Crippen LogP contribution is -2.05. The SMILES string of the molecule is COc1ccc2nc(NCCc3noc(C)n3)sc2c1. The number of methoxy groups -OCH3 is 1. The molecule has 2 heterocycles. The van der Waals surface area contributed by atoms with Gasteiger partial charge in [0, 0.05) is 19.9 Å². The van der Waals surface area contributed by atoms with Gasteiger partial charge in [-0.3, -0.25) is 0 Å². The maximum absolute atomic E-state index is 5.20. The molecule has 20 heavy (non-hydrogen) atoms. The molecule has 0 bridgehead atoms. The van der Waals surface area contributed by atoms with Crippen LogP contribution in [0.15, 0.2) is 22.7 Å². The number of aryl methyl sites for hydroxylation is 1. The fourth-order valence-electron chi connectivity index (χ4n) is 1.83. The summed E-state index contributed by atoms with van der Waals surface area (Å²) >= 11 is 1.60. The summed E-state index contributed by atoms with van der Waals surface area (Å²) in [6, 6.07) is 5.85. The predicted octanol–water partition coefficient (Wildman–Crippen LogP) is 2.65. The van der Waals surface area contributed by atoms with Gasteiger partial charge in [0.25, 0.3) is 0 Å². The number of nitrogens with one attached hydrogen (secondary N) is 1. The van der Waals surface area contributed by atoms with Gasteiger partial charge in [-0.15, -0.1) is 0 Å². The van der Waals surface area contributed by atoms with Crippen LogP contribution in [-0.4, -0.2) is 28.8 Å². The van der Waals surface area contributed by atoms with E-state index in [9.17, 15) is 0 Å². The van der Waals surface area contributed by atoms with Gasteiger partial charge in [-0.05, 0) is 18.2 Å². The van der Waals surface area contributed by atoms with E-state index in [0.717, 1.165) is 27.6 Å². The van der Waals surface area contributed by atoms with Gasteiger partial charge in [-0.2, -0.15) is 4.98 Å². The van der Waals surface area contributed by atoms with E-state index in [2.05, 4.69) is 20.4 Å². The van der Waals surface area contributed by atoms with Crippen LogP contribution in [0, 0.1) is 6.92 Å². The van der Waals surface area contributed by atoms with E-state index in [1.807, 2.05) is 18.2 Å². The molecule has 0 amide bonds. The number of rotatable bonds is 5. The zero-order valence-electron chi connectivity index (χ0n) is 11.2. The van der Waals surface area contributed by atoms with Gasteiger partial charge in [-0.1, -0.05) is 16.5 Å². The summed E-state index contributed by atoms with van der Waals surface area (Å²) in [6.45, 7) is 2.50. The Labute approximate surface area is 119 Å². The van der Waals surface area contributed by atoms with Crippen molar-refractivity contribution in [3.63, 3.8) is 0 Å². The van der Waals surface area contributed by atoms with Crippen LogP contribution in [-0.2, 0) is 6.42 Å². The predicted molar refractivity (Wildman–Crippen MR) is 77.4 cm³/mol. The van der Waals surface area contributed by atoms with Gasteiger partial charge in [0.15, 0.2) is 11.0 Å². The Balaban J connectivity index is 1.65. The molecule has 3 rings (SSSR count). The van der Waals surface area contributed by atoms with Crippen molar-refractivity contribution < 1.29 is 9.26 Å². The van der Waals surface area contributed by atoms with Crippen LogP contribution in [0.1, 0.15) is 11.7 Å². The monoisotopic (exact) mass is 290 g/mol. The van der Waals surface area contributed by atoms with Crippen LogP contribution in [0.3, 0.4) is 0 Å². The van der Waals surface area contributed by atoms with Gasteiger partial charge >= 0.3 is 0 Å². The molecule has 2 aromatic heterocycles. The van der Waals surface area contributed by atoms with Crippen molar-refractivity contribution in [1.82, 2.24) is 15.1 Å². The minimum absolute atomic E-state index is 0.590. The van der Waals surface area contributed by atoms with Gasteiger partial charge in [0.1, 0.15) is 5.75 Å². The molecular formula is C13H14N4O2S. The Morgan fingerprint density at radius 1 is 1.35 bits per heavy atom. The van der Waals surface area contributed by atoms with Crippen LogP contribution >= 0.6 is 11.3 Å². The average Bonchev–Trinajstić information content (AvgIpc) is 3.03. The van der Waals surface area contributed by atoms with Gasteiger partial charge in [-0.25, -0.2) is 4.98 Å². The smallest absolute Gasteiger partial charge is 0.223 e. The molecule has 1 N–H and O–H groups in total. The average molecular weight is 290 g/mol. The number of benzene rings is 1. The quantitative estimate of drug-likeness (QED) is 0.778. The van der Waals surface area contributed by atoms with Crippen LogP contribution in [0.4, 0.5) is 5.13 Å². The van der Waals surface area contributed by atoms with E-state index in [1.165, 1.54) is 0 Å². The number of nitrogens with zero attached hydrogens (tertiary/aromatic N) is 3. The second-order valence-electron chi connectivity index (χ2n) is 4.26. The summed E-state index contributed by atoms with van der Waals surface area (Å²) in [5, 5.41) is 8.01. The first kappa shape index (κ1) is 12.9. The number of fused-ring (bicyclic) bond motifs is 1. The third-order valence-electron chi connectivity index (χ3n) is 2.79. The molecule has 0 aliphatic heterocycles. The number of hydrogen-bond acceptors (Lipinski definition) is 7. The second kappa shape index (κ2) is 5.46. The molecule has 7 heteroatoms. The minimum atomic E-state index is 0.590. The third-order valence-corrected chi connectivity index (χ3v) is 3.77. The van der Waals surface area contributed by atoms with Crippen LogP contribution in [0.25, 0.3) is 10.2 Å². The lowest BCUT2D eigenvalue weighted by molar-refractivity contribution is 0.387. The van der Waals surface area contributed by atoms with Crippen LogP contribution < -0.4 is 10.1 Å². The molecule has 0 saturated heterocycles. The fraction of sp³-hybridized carbons (Fsp3) is 0.308. The topological polar surface area (TPSA) is 73.1 Å². The van der Waals surface area contributed by atoms with Crippen molar-refractivity contribution >= 4 is 26.7 Å². The summed E-state index contributed by atoms with van der Waals surface area (Å²) in [7, 11) is 1.66. The van der Waals surface area contributed by atoms with Crippen molar-refractivity contribution in [2.24, 2.45) is 0 Å². The summed E-state index contributed by atoms with van der Waals surface area (Å²) in [6.07, 6.45) is 0.705. The molecule has 6 nitrogen and oxygen atoms in total. The summed E-state index contributed by atoms with van der Waals surface area (Å²) in [5.74, 6) is 2.14. The molecule has 0 unspecified atom stereocenters. The van der Waals surface area contributed by atoms with Crippen molar-refractivity contribution in [3.8, 4) is 5.75 Å². The largest absolute Gasteiger partial charge is 0.497 e. The van der Waals surface area contributed by atoms with Crippen molar-refractivity contribution in [3.05, 3.63) is 29.9 Å². The maximum Gasteiger partial charge on any atom is 0.223 e. The lowest BCUT2D eigenvalue weighted by Gasteiger charge is -1.97. The summed E-state index contributed by atoms with van der Waals surface area (Å²) in [4.78, 5) is 8.67. The highest BCUT2D eigenvalue weighted by molar-refractivity contribution is 7.22. The molecule has 0 aliphatic rings. The second-order valence-corrected chi connectivity index (χ2v) is 5.29. The molecule has 0 spiro atoms. The summed E-state index contributed by atoms with van der Waals surface area (Å²) in [5.41, 5.74) is 0.966. The van der Waals surface area contributed by atoms with Gasteiger partial charge in [0.05, 0.1) is 17.3 Å². The van der Waals surface area contributed by atoms with Gasteiger partial charge < -0.3 is 14.6 Å². The van der Waals surface area contributed by atoms with Gasteiger partial charge in [0.2, 0.25) is 5.89 Å². The van der Waals surface area contributed by atoms with Crippen LogP contribution in [0.2, 0.25) is 0 Å². The van der Waals surface area contributed by atoms with Crippen molar-refractivity contribution in [2.75, 3.05) is 19.0 Å². The van der Waals surface area contributed by atoms with Crippen molar-refractivity contribution in [1.29, 1.82) is 0 Å². The molecular weight excluding hydrogens is 276 g/mol. The number of hydrogen-bond donors (Lipinski definition) is 1. The first-order chi connectivity index (χ1) is 9.74. The maximum atomic E-state index is 5.20. The van der Waals surface area contributed by atoms with E-state index in [4.69, 9.17) is 9.26 Å². The Morgan fingerprint density at radius 3 is 3.00 bits per heavy atom. The highest BCUT2D eigenvalue weighted by atomic mass is 32.1. The van der Waals surface area contributed by atoms with Crippen LogP contribution in [0.5, 0.6) is 5.75 Å². The van der Waals surface area contributed by atoms with E-state index in [1.54, 1.807) is 25.4 Å². The van der Waals surface area contributed by atoms with Crippen molar-refractivity contribution in [2.45, 2.75) is 13.3 Å². The molecule has 104 valence electrons. The standard InChI is InChI=1S/C13H14N4O2S/c1-8-15-12(17-19-8)5-6-14-13-16-10-4-3-9(18-2)7-11(10)20-13/h3-4,7H,5-6H2,1-2H3,(H,14,16). The third kappa shape index (κ3) is 2.72. The normalized spacial score (nSPS) is 10.9. The minimum Gasteiger partial charge on any atom is -0.497 e. The van der Waals surface area contributed by atoms with E-state index < -0.39 is 0 Å². The Kier molecular flexibility index (Phi) is 3.51. The number of ether oxygens (including phenoxy) is 1. The zero-order chi connectivity index (χ0) is 13.9. The first-order valence-electron chi connectivity index (χ1n) is 6.22. The molecule has 0 atom stereocenters. The summed E-state index contributed by atoms with van der Waals surface area (Å²) < 4.78 is 11.2. The number of aromatic nitrogens is 3. The van der Waals surface area contributed by atoms with E-state index in [-0.39, 0.29) is 0 Å². The fourth-order valence-corrected chi connectivity index (χ4v) is 2.75. The number of thiazole rings is 1.